The maximum atomic E-state index is 12.8. The smallest absolute Gasteiger partial charge is 0.301 e. The molecule has 0 bridgehead atoms. The average Bonchev–Trinajstić information content (AvgIpc) is 2.96. The van der Waals surface area contributed by atoms with E-state index in [1.807, 2.05) is 0 Å². The lowest BCUT2D eigenvalue weighted by Crippen LogP contribution is -2.49. The molecule has 3 rings (SSSR count). The molecule has 1 fully saturated rings. The molecule has 10 heteroatoms. The SMILES string of the molecule is O=S(=O)(N1Cc2ccnn2C(CN2CCCCC2)C1)C(F)(F)F. The number of halogens is 3. The molecule has 0 spiro atoms. The van der Waals surface area contributed by atoms with Gasteiger partial charge in [0.1, 0.15) is 0 Å². The van der Waals surface area contributed by atoms with Crippen LogP contribution in [0.3, 0.4) is 0 Å². The minimum absolute atomic E-state index is 0.201. The Morgan fingerprint density at radius 3 is 2.57 bits per heavy atom. The van der Waals surface area contributed by atoms with Crippen molar-refractivity contribution in [2.24, 2.45) is 0 Å². The van der Waals surface area contributed by atoms with Gasteiger partial charge >= 0.3 is 15.5 Å². The lowest BCUT2D eigenvalue weighted by atomic mass is 10.1. The maximum Gasteiger partial charge on any atom is 0.511 e. The summed E-state index contributed by atoms with van der Waals surface area (Å²) in [6, 6.07) is 1.17. The van der Waals surface area contributed by atoms with Gasteiger partial charge in [0.05, 0.1) is 18.3 Å². The molecule has 0 N–H and O–H groups in total. The van der Waals surface area contributed by atoms with Crippen LogP contribution in [0.1, 0.15) is 31.0 Å². The van der Waals surface area contributed by atoms with Crippen LogP contribution in [0.2, 0.25) is 0 Å². The summed E-state index contributed by atoms with van der Waals surface area (Å²) in [4.78, 5) is 2.17. The van der Waals surface area contributed by atoms with Crippen molar-refractivity contribution in [3.63, 3.8) is 0 Å². The van der Waals surface area contributed by atoms with Crippen molar-refractivity contribution >= 4 is 10.0 Å². The van der Waals surface area contributed by atoms with Gasteiger partial charge in [-0.25, -0.2) is 8.42 Å². The molecule has 0 aromatic carbocycles. The Bertz CT molecular complexity index is 652. The molecule has 0 saturated carbocycles. The Morgan fingerprint density at radius 2 is 1.91 bits per heavy atom. The normalized spacial score (nSPS) is 24.6. The summed E-state index contributed by atoms with van der Waals surface area (Å²) >= 11 is 0. The van der Waals surface area contributed by atoms with Crippen molar-refractivity contribution in [1.29, 1.82) is 0 Å². The summed E-state index contributed by atoms with van der Waals surface area (Å²) in [5.41, 5.74) is -4.78. The zero-order chi connectivity index (χ0) is 16.7. The monoisotopic (exact) mass is 352 g/mol. The molecular weight excluding hydrogens is 333 g/mol. The Labute approximate surface area is 132 Å². The van der Waals surface area contributed by atoms with Crippen molar-refractivity contribution in [3.05, 3.63) is 18.0 Å². The van der Waals surface area contributed by atoms with Crippen molar-refractivity contribution in [3.8, 4) is 0 Å². The van der Waals surface area contributed by atoms with Crippen LogP contribution >= 0.6 is 0 Å². The lowest BCUT2D eigenvalue weighted by Gasteiger charge is -2.37. The standard InChI is InChI=1S/C13H19F3N4O2S/c14-13(15,16)23(21,22)19-9-11-4-5-17-20(11)12(10-19)8-18-6-2-1-3-7-18/h4-5,12H,1-3,6-10H2. The van der Waals surface area contributed by atoms with Crippen molar-refractivity contribution < 1.29 is 21.6 Å². The van der Waals surface area contributed by atoms with E-state index in [9.17, 15) is 21.6 Å². The molecule has 1 aromatic heterocycles. The zero-order valence-corrected chi connectivity index (χ0v) is 13.4. The van der Waals surface area contributed by atoms with Gasteiger partial charge in [0, 0.05) is 19.3 Å². The summed E-state index contributed by atoms with van der Waals surface area (Å²) in [7, 11) is -5.32. The van der Waals surface area contributed by atoms with Crippen LogP contribution in [0.5, 0.6) is 0 Å². The molecular formula is C13H19F3N4O2S. The van der Waals surface area contributed by atoms with Crippen LogP contribution < -0.4 is 0 Å². The maximum absolute atomic E-state index is 12.8. The third kappa shape index (κ3) is 3.24. The number of sulfonamides is 1. The fourth-order valence-corrected chi connectivity index (χ4v) is 4.22. The van der Waals surface area contributed by atoms with Gasteiger partial charge in [-0.15, -0.1) is 0 Å². The molecule has 3 heterocycles. The van der Waals surface area contributed by atoms with E-state index in [0.717, 1.165) is 32.4 Å². The molecule has 0 radical (unpaired) electrons. The largest absolute Gasteiger partial charge is 0.511 e. The minimum Gasteiger partial charge on any atom is -0.301 e. The topological polar surface area (TPSA) is 58.4 Å². The average molecular weight is 352 g/mol. The third-order valence-corrected chi connectivity index (χ3v) is 5.94. The van der Waals surface area contributed by atoms with Gasteiger partial charge in [-0.2, -0.15) is 22.6 Å². The highest BCUT2D eigenvalue weighted by Crippen LogP contribution is 2.32. The van der Waals surface area contributed by atoms with E-state index in [0.29, 0.717) is 16.5 Å². The summed E-state index contributed by atoms with van der Waals surface area (Å²) in [5.74, 6) is 0. The van der Waals surface area contributed by atoms with Crippen LogP contribution in [0.15, 0.2) is 12.3 Å². The molecule has 1 unspecified atom stereocenters. The van der Waals surface area contributed by atoms with Crippen LogP contribution in [-0.2, 0) is 16.6 Å². The summed E-state index contributed by atoms with van der Waals surface area (Å²) in [6.07, 6.45) is 4.78. The summed E-state index contributed by atoms with van der Waals surface area (Å²) < 4.78 is 64.2. The number of nitrogens with zero attached hydrogens (tertiary/aromatic N) is 4. The van der Waals surface area contributed by atoms with Gasteiger partial charge in [0.2, 0.25) is 0 Å². The second-order valence-corrected chi connectivity index (χ2v) is 7.95. The van der Waals surface area contributed by atoms with Gasteiger partial charge in [-0.3, -0.25) is 4.68 Å². The summed E-state index contributed by atoms with van der Waals surface area (Å²) in [6.45, 7) is 1.79. The van der Waals surface area contributed by atoms with Gasteiger partial charge in [0.25, 0.3) is 0 Å². The van der Waals surface area contributed by atoms with Crippen molar-refractivity contribution in [2.45, 2.75) is 37.4 Å². The van der Waals surface area contributed by atoms with E-state index in [2.05, 4.69) is 10.00 Å². The predicted octanol–water partition coefficient (Wildman–Crippen LogP) is 1.58. The Hall–Kier alpha value is -1.13. The molecule has 1 aromatic rings. The van der Waals surface area contributed by atoms with E-state index < -0.39 is 21.6 Å². The second kappa shape index (κ2) is 6.06. The molecule has 130 valence electrons. The molecule has 0 aliphatic carbocycles. The first kappa shape index (κ1) is 16.7. The van der Waals surface area contributed by atoms with Crippen LogP contribution in [0, 0.1) is 0 Å². The number of hydrogen-bond acceptors (Lipinski definition) is 4. The molecule has 2 aliphatic heterocycles. The van der Waals surface area contributed by atoms with E-state index in [1.54, 1.807) is 10.7 Å². The quantitative estimate of drug-likeness (QED) is 0.829. The Morgan fingerprint density at radius 1 is 1.22 bits per heavy atom. The number of aromatic nitrogens is 2. The van der Waals surface area contributed by atoms with Crippen molar-refractivity contribution in [2.75, 3.05) is 26.2 Å². The number of piperidine rings is 1. The number of likely N-dealkylation sites (tertiary alicyclic amines) is 1. The van der Waals surface area contributed by atoms with E-state index in [4.69, 9.17) is 0 Å². The first-order valence-electron chi connectivity index (χ1n) is 7.60. The first-order valence-corrected chi connectivity index (χ1v) is 9.04. The molecule has 2 aliphatic rings. The van der Waals surface area contributed by atoms with Crippen LogP contribution in [0.25, 0.3) is 0 Å². The number of rotatable bonds is 3. The highest BCUT2D eigenvalue weighted by atomic mass is 32.2. The lowest BCUT2D eigenvalue weighted by molar-refractivity contribution is -0.0501. The molecule has 23 heavy (non-hydrogen) atoms. The zero-order valence-electron chi connectivity index (χ0n) is 12.5. The minimum atomic E-state index is -5.32. The molecule has 1 atom stereocenters. The predicted molar refractivity (Wildman–Crippen MR) is 76.9 cm³/mol. The highest BCUT2D eigenvalue weighted by molar-refractivity contribution is 7.89. The Kier molecular flexibility index (Phi) is 4.41. The van der Waals surface area contributed by atoms with Gasteiger partial charge in [0.15, 0.2) is 0 Å². The fourth-order valence-electron chi connectivity index (χ4n) is 3.26. The van der Waals surface area contributed by atoms with E-state index in [1.165, 1.54) is 6.20 Å². The van der Waals surface area contributed by atoms with Crippen LogP contribution in [0.4, 0.5) is 13.2 Å². The molecule has 0 amide bonds. The number of fused-ring (bicyclic) bond motifs is 1. The van der Waals surface area contributed by atoms with Gasteiger partial charge in [-0.05, 0) is 32.0 Å². The number of hydrogen-bond donors (Lipinski definition) is 0. The molecule has 1 saturated heterocycles. The van der Waals surface area contributed by atoms with Gasteiger partial charge in [-0.1, -0.05) is 6.42 Å². The molecule has 6 nitrogen and oxygen atoms in total. The highest BCUT2D eigenvalue weighted by Gasteiger charge is 2.51. The first-order chi connectivity index (χ1) is 10.8. The Balaban J connectivity index is 1.83. The second-order valence-electron chi connectivity index (χ2n) is 6.03. The fraction of sp³-hybridized carbons (Fsp3) is 0.769. The van der Waals surface area contributed by atoms with E-state index in [-0.39, 0.29) is 13.1 Å². The number of alkyl halides is 3. The van der Waals surface area contributed by atoms with Gasteiger partial charge < -0.3 is 4.90 Å². The summed E-state index contributed by atoms with van der Waals surface area (Å²) in [5, 5.41) is 4.17. The van der Waals surface area contributed by atoms with E-state index >= 15 is 0 Å². The third-order valence-electron chi connectivity index (χ3n) is 4.40. The van der Waals surface area contributed by atoms with Crippen molar-refractivity contribution in [1.82, 2.24) is 19.0 Å². The van der Waals surface area contributed by atoms with Crippen LogP contribution in [-0.4, -0.2) is 59.1 Å².